The van der Waals surface area contributed by atoms with Crippen LogP contribution in [0.3, 0.4) is 0 Å². The number of carbonyl (C=O) groups excluding carboxylic acids is 1. The van der Waals surface area contributed by atoms with Gasteiger partial charge >= 0.3 is 29.6 Å². The molecule has 0 atom stereocenters. The van der Waals surface area contributed by atoms with Gasteiger partial charge in [0.05, 0.1) is 0 Å². The van der Waals surface area contributed by atoms with Crippen molar-refractivity contribution in [2.45, 2.75) is 13.3 Å². The molecule has 0 aliphatic heterocycles. The normalized spacial score (nSPS) is 6.00. The molecule has 0 aromatic heterocycles. The summed E-state index contributed by atoms with van der Waals surface area (Å²) in [7, 11) is 0. The van der Waals surface area contributed by atoms with Gasteiger partial charge in [0, 0.05) is 6.42 Å². The van der Waals surface area contributed by atoms with Crippen LogP contribution in [0.15, 0.2) is 0 Å². The Morgan fingerprint density at radius 3 is 2.62 bits per heavy atom. The minimum Gasteiger partial charge on any atom is -1.00 e. The van der Waals surface area contributed by atoms with E-state index in [1.807, 2.05) is 5.32 Å². The minimum atomic E-state index is -0.234. The van der Waals surface area contributed by atoms with Gasteiger partial charge in [0.25, 0.3) is 0 Å². The molecule has 4 heteroatoms. The SMILES string of the molecule is CCC(=O)NC#N.[H-].[Na+]. The van der Waals surface area contributed by atoms with Gasteiger partial charge in [-0.05, 0) is 0 Å². The summed E-state index contributed by atoms with van der Waals surface area (Å²) < 4.78 is 0. The maximum absolute atomic E-state index is 10.1. The van der Waals surface area contributed by atoms with E-state index in [4.69, 9.17) is 5.26 Å². The minimum absolute atomic E-state index is 0. The van der Waals surface area contributed by atoms with E-state index in [1.54, 1.807) is 6.92 Å². The topological polar surface area (TPSA) is 52.9 Å². The summed E-state index contributed by atoms with van der Waals surface area (Å²) in [6.45, 7) is 1.69. The van der Waals surface area contributed by atoms with E-state index in [9.17, 15) is 4.79 Å². The molecule has 0 radical (unpaired) electrons. The van der Waals surface area contributed by atoms with E-state index in [-0.39, 0.29) is 36.9 Å². The van der Waals surface area contributed by atoms with Gasteiger partial charge in [0.2, 0.25) is 5.91 Å². The van der Waals surface area contributed by atoms with Crippen molar-refractivity contribution in [1.29, 1.82) is 5.26 Å². The number of nitrogens with one attached hydrogen (secondary N) is 1. The summed E-state index contributed by atoms with van der Waals surface area (Å²) in [6, 6.07) is 0. The molecule has 1 amide bonds. The van der Waals surface area contributed by atoms with Crippen LogP contribution in [0.2, 0.25) is 0 Å². The van der Waals surface area contributed by atoms with Gasteiger partial charge in [-0.1, -0.05) is 6.92 Å². The second-order valence-corrected chi connectivity index (χ2v) is 1.01. The second kappa shape index (κ2) is 6.96. The number of carbonyl (C=O) groups is 1. The fraction of sp³-hybridized carbons (Fsp3) is 0.500. The summed E-state index contributed by atoms with van der Waals surface area (Å²) in [5, 5.41) is 9.75. The van der Waals surface area contributed by atoms with Gasteiger partial charge in [-0.25, -0.2) is 0 Å². The molecule has 0 rings (SSSR count). The van der Waals surface area contributed by atoms with Crippen LogP contribution in [-0.4, -0.2) is 5.91 Å². The molecule has 8 heavy (non-hydrogen) atoms. The summed E-state index contributed by atoms with van der Waals surface area (Å²) in [4.78, 5) is 10.1. The molecule has 0 spiro atoms. The fourth-order valence-corrected chi connectivity index (χ4v) is 0.151. The molecule has 0 aliphatic rings. The summed E-state index contributed by atoms with van der Waals surface area (Å²) in [5.74, 6) is -0.234. The van der Waals surface area contributed by atoms with Crippen molar-refractivity contribution in [2.24, 2.45) is 0 Å². The van der Waals surface area contributed by atoms with Gasteiger partial charge in [-0.3, -0.25) is 10.1 Å². The van der Waals surface area contributed by atoms with Crippen LogP contribution in [0, 0.1) is 11.5 Å². The van der Waals surface area contributed by atoms with Crippen molar-refractivity contribution >= 4 is 5.91 Å². The summed E-state index contributed by atoms with van der Waals surface area (Å²) in [6.07, 6.45) is 1.89. The first kappa shape index (κ1) is 10.9. The van der Waals surface area contributed by atoms with Gasteiger partial charge in [0.1, 0.15) is 0 Å². The van der Waals surface area contributed by atoms with Crippen molar-refractivity contribution in [2.75, 3.05) is 0 Å². The fourth-order valence-electron chi connectivity index (χ4n) is 0.151. The van der Waals surface area contributed by atoms with E-state index in [2.05, 4.69) is 0 Å². The Hall–Kier alpha value is -0.0400. The molecule has 0 aromatic carbocycles. The zero-order valence-electron chi connectivity index (χ0n) is 6.06. The molecule has 3 nitrogen and oxygen atoms in total. The van der Waals surface area contributed by atoms with E-state index in [1.165, 1.54) is 6.19 Å². The van der Waals surface area contributed by atoms with Gasteiger partial charge in [-0.15, -0.1) is 0 Å². The van der Waals surface area contributed by atoms with E-state index >= 15 is 0 Å². The largest absolute Gasteiger partial charge is 1.00 e. The molecule has 1 N–H and O–H groups in total. The maximum atomic E-state index is 10.1. The third kappa shape index (κ3) is 5.96. The molecular formula is C4H7N2NaO. The van der Waals surface area contributed by atoms with Crippen molar-refractivity contribution in [3.8, 4) is 6.19 Å². The number of hydrogen-bond acceptors (Lipinski definition) is 2. The zero-order valence-corrected chi connectivity index (χ0v) is 7.06. The Morgan fingerprint density at radius 2 is 2.50 bits per heavy atom. The Kier molecular flexibility index (Phi) is 9.44. The van der Waals surface area contributed by atoms with Crippen LogP contribution < -0.4 is 34.9 Å². The molecule has 0 saturated heterocycles. The molecule has 0 heterocycles. The molecular weight excluding hydrogens is 115 g/mol. The Bertz CT molecular complexity index is 112. The van der Waals surface area contributed by atoms with Crippen molar-refractivity contribution < 1.29 is 35.8 Å². The van der Waals surface area contributed by atoms with E-state index in [0.29, 0.717) is 6.42 Å². The number of amides is 1. The molecule has 40 valence electrons. The van der Waals surface area contributed by atoms with Crippen molar-refractivity contribution in [3.63, 3.8) is 0 Å². The Labute approximate surface area is 71.8 Å². The summed E-state index contributed by atoms with van der Waals surface area (Å²) >= 11 is 0. The second-order valence-electron chi connectivity index (χ2n) is 1.01. The predicted molar refractivity (Wildman–Crippen MR) is 25.2 cm³/mol. The van der Waals surface area contributed by atoms with Crippen LogP contribution in [0.1, 0.15) is 14.8 Å². The predicted octanol–water partition coefficient (Wildman–Crippen LogP) is -2.89. The van der Waals surface area contributed by atoms with Gasteiger partial charge in [-0.2, -0.15) is 5.26 Å². The summed E-state index contributed by atoms with van der Waals surface area (Å²) in [5.41, 5.74) is 0. The standard InChI is InChI=1S/C4H6N2O.Na.H/c1-2-4(7)6-3-5;;/h2H2,1H3,(H,6,7);;/q;+1;-1. The number of nitriles is 1. The Balaban J connectivity index is -0.000000180. The first-order valence-electron chi connectivity index (χ1n) is 1.99. The van der Waals surface area contributed by atoms with Crippen LogP contribution >= 0.6 is 0 Å². The third-order valence-corrected chi connectivity index (χ3v) is 0.516. The molecule has 0 saturated carbocycles. The smallest absolute Gasteiger partial charge is 1.00 e. The maximum Gasteiger partial charge on any atom is 1.00 e. The van der Waals surface area contributed by atoms with Crippen LogP contribution in [0.25, 0.3) is 0 Å². The van der Waals surface area contributed by atoms with Gasteiger partial charge < -0.3 is 1.43 Å². The number of nitrogens with zero attached hydrogens (tertiary/aromatic N) is 1. The average molecular weight is 122 g/mol. The quantitative estimate of drug-likeness (QED) is 0.230. The Morgan fingerprint density at radius 1 is 2.00 bits per heavy atom. The first-order chi connectivity index (χ1) is 3.31. The van der Waals surface area contributed by atoms with Crippen molar-refractivity contribution in [1.82, 2.24) is 5.32 Å². The van der Waals surface area contributed by atoms with Crippen LogP contribution in [0.5, 0.6) is 0 Å². The number of hydrogen-bond donors (Lipinski definition) is 1. The third-order valence-electron chi connectivity index (χ3n) is 0.516. The first-order valence-corrected chi connectivity index (χ1v) is 1.99. The molecule has 0 bridgehead atoms. The zero-order chi connectivity index (χ0) is 5.70. The van der Waals surface area contributed by atoms with E-state index < -0.39 is 0 Å². The van der Waals surface area contributed by atoms with Crippen molar-refractivity contribution in [3.05, 3.63) is 0 Å². The van der Waals surface area contributed by atoms with Crippen LogP contribution in [0.4, 0.5) is 0 Å². The average Bonchev–Trinajstić information content (AvgIpc) is 1.68. The molecule has 0 fully saturated rings. The monoisotopic (exact) mass is 122 g/mol. The molecule has 0 aliphatic carbocycles. The number of rotatable bonds is 1. The van der Waals surface area contributed by atoms with Gasteiger partial charge in [0.15, 0.2) is 6.19 Å². The van der Waals surface area contributed by atoms with Crippen LogP contribution in [-0.2, 0) is 4.79 Å². The molecule has 0 aromatic rings. The van der Waals surface area contributed by atoms with E-state index in [0.717, 1.165) is 0 Å². The molecule has 0 unspecified atom stereocenters.